The second-order valence-electron chi connectivity index (χ2n) is 6.70. The van der Waals surface area contributed by atoms with Crippen molar-refractivity contribution in [3.05, 3.63) is 82.0 Å². The summed E-state index contributed by atoms with van der Waals surface area (Å²) in [7, 11) is 0. The van der Waals surface area contributed by atoms with Gasteiger partial charge in [0.15, 0.2) is 0 Å². The van der Waals surface area contributed by atoms with Crippen LogP contribution in [-0.4, -0.2) is 29.8 Å². The molecule has 1 aromatic carbocycles. The molecule has 170 valence electrons. The van der Waals surface area contributed by atoms with Crippen LogP contribution in [0, 0.1) is 0 Å². The molecule has 7 nitrogen and oxygen atoms in total. The van der Waals surface area contributed by atoms with Crippen molar-refractivity contribution < 1.29 is 9.53 Å². The molecule has 0 radical (unpaired) electrons. The summed E-state index contributed by atoms with van der Waals surface area (Å²) in [5.41, 5.74) is 7.36. The van der Waals surface area contributed by atoms with E-state index in [9.17, 15) is 4.79 Å². The third-order valence-corrected chi connectivity index (χ3v) is 4.97. The van der Waals surface area contributed by atoms with Crippen LogP contribution in [0.25, 0.3) is 0 Å². The lowest BCUT2D eigenvalue weighted by atomic mass is 10.2. The van der Waals surface area contributed by atoms with Crippen LogP contribution in [0.15, 0.2) is 71.4 Å². The highest BCUT2D eigenvalue weighted by Gasteiger charge is 2.15. The predicted molar refractivity (Wildman–Crippen MR) is 130 cm³/mol. The molecule has 32 heavy (non-hydrogen) atoms. The van der Waals surface area contributed by atoms with E-state index in [-0.39, 0.29) is 18.2 Å². The van der Waals surface area contributed by atoms with Crippen molar-refractivity contribution in [3.8, 4) is 5.75 Å². The number of ether oxygens (including phenoxy) is 1. The Kier molecular flexibility index (Phi) is 10.6. The van der Waals surface area contributed by atoms with Crippen molar-refractivity contribution >= 4 is 34.8 Å². The van der Waals surface area contributed by atoms with E-state index in [2.05, 4.69) is 20.6 Å². The van der Waals surface area contributed by atoms with E-state index in [1.165, 1.54) is 6.20 Å². The summed E-state index contributed by atoms with van der Waals surface area (Å²) in [5, 5.41) is 7.03. The molecule has 2 rings (SSSR count). The lowest BCUT2D eigenvalue weighted by Gasteiger charge is -2.15. The van der Waals surface area contributed by atoms with Gasteiger partial charge >= 0.3 is 0 Å². The van der Waals surface area contributed by atoms with Crippen LogP contribution in [0.4, 0.5) is 0 Å². The number of rotatable bonds is 11. The predicted octanol–water partition coefficient (Wildman–Crippen LogP) is 4.23. The monoisotopic (exact) mass is 475 g/mol. The molecule has 9 heteroatoms. The Hall–Kier alpha value is -3.03. The van der Waals surface area contributed by atoms with Crippen LogP contribution in [0.1, 0.15) is 25.8 Å². The first-order valence-corrected chi connectivity index (χ1v) is 10.9. The van der Waals surface area contributed by atoms with Gasteiger partial charge in [0.2, 0.25) is 0 Å². The van der Waals surface area contributed by atoms with Gasteiger partial charge in [0, 0.05) is 12.7 Å². The van der Waals surface area contributed by atoms with Crippen LogP contribution in [0.3, 0.4) is 0 Å². The third kappa shape index (κ3) is 8.24. The van der Waals surface area contributed by atoms with Gasteiger partial charge in [-0.25, -0.2) is 0 Å². The smallest absolute Gasteiger partial charge is 0.275 e. The van der Waals surface area contributed by atoms with E-state index in [0.717, 1.165) is 12.0 Å². The van der Waals surface area contributed by atoms with Gasteiger partial charge in [-0.15, -0.1) is 0 Å². The van der Waals surface area contributed by atoms with E-state index in [4.69, 9.17) is 33.7 Å². The fourth-order valence-corrected chi connectivity index (χ4v) is 2.93. The number of carbonyl (C=O) groups excluding carboxylic acids is 1. The Bertz CT molecular complexity index is 991. The zero-order valence-electron chi connectivity index (χ0n) is 18.1. The number of nitrogens with one attached hydrogen (secondary N) is 2. The summed E-state index contributed by atoms with van der Waals surface area (Å²) < 4.78 is 5.58. The molecule has 0 aliphatic carbocycles. The summed E-state index contributed by atoms with van der Waals surface area (Å²) >= 11 is 12.0. The minimum absolute atomic E-state index is 0.237. The van der Waals surface area contributed by atoms with E-state index >= 15 is 0 Å². The van der Waals surface area contributed by atoms with Crippen LogP contribution in [-0.2, 0) is 11.3 Å². The van der Waals surface area contributed by atoms with Gasteiger partial charge in [-0.1, -0.05) is 36.2 Å². The first kappa shape index (κ1) is 25.2. The highest BCUT2D eigenvalue weighted by Crippen LogP contribution is 2.22. The van der Waals surface area contributed by atoms with Gasteiger partial charge < -0.3 is 21.1 Å². The van der Waals surface area contributed by atoms with E-state index in [1.54, 1.807) is 43.6 Å². The molecule has 0 fully saturated rings. The SMILES string of the molecule is CCC=C(NCc1ccc(Cl)c(Cl)c1)NC(=O)C(=NCCOc1cccnc1)/C(C)=C\N. The van der Waals surface area contributed by atoms with Crippen molar-refractivity contribution in [3.63, 3.8) is 0 Å². The molecule has 0 bridgehead atoms. The lowest BCUT2D eigenvalue weighted by Crippen LogP contribution is -2.37. The van der Waals surface area contributed by atoms with E-state index < -0.39 is 0 Å². The minimum atomic E-state index is -0.369. The molecule has 4 N–H and O–H groups in total. The van der Waals surface area contributed by atoms with Gasteiger partial charge in [-0.2, -0.15) is 0 Å². The number of aromatic nitrogens is 1. The highest BCUT2D eigenvalue weighted by molar-refractivity contribution is 6.45. The van der Waals surface area contributed by atoms with Crippen LogP contribution < -0.4 is 21.1 Å². The summed E-state index contributed by atoms with van der Waals surface area (Å²) in [6, 6.07) is 8.96. The Morgan fingerprint density at radius 3 is 2.75 bits per heavy atom. The number of nitrogens with zero attached hydrogens (tertiary/aromatic N) is 2. The quantitative estimate of drug-likeness (QED) is 0.333. The largest absolute Gasteiger partial charge is 0.490 e. The second-order valence-corrected chi connectivity index (χ2v) is 7.51. The van der Waals surface area contributed by atoms with Crippen molar-refractivity contribution in [1.82, 2.24) is 15.6 Å². The summed E-state index contributed by atoms with van der Waals surface area (Å²) in [5.74, 6) is 0.832. The molecule has 0 saturated carbocycles. The van der Waals surface area contributed by atoms with Crippen molar-refractivity contribution in [2.45, 2.75) is 26.8 Å². The van der Waals surface area contributed by atoms with Gasteiger partial charge in [-0.05, 0) is 61.0 Å². The fraction of sp³-hybridized carbons (Fsp3) is 0.261. The highest BCUT2D eigenvalue weighted by atomic mass is 35.5. The molecular weight excluding hydrogens is 449 g/mol. The number of amides is 1. The second kappa shape index (κ2) is 13.4. The Morgan fingerprint density at radius 1 is 1.28 bits per heavy atom. The topological polar surface area (TPSA) is 102 Å². The number of carbonyl (C=O) groups is 1. The number of hydrogen-bond acceptors (Lipinski definition) is 6. The van der Waals surface area contributed by atoms with Gasteiger partial charge in [0.25, 0.3) is 5.91 Å². The van der Waals surface area contributed by atoms with Crippen LogP contribution >= 0.6 is 23.2 Å². The van der Waals surface area contributed by atoms with Gasteiger partial charge in [0.1, 0.15) is 23.9 Å². The van der Waals surface area contributed by atoms with Crippen LogP contribution in [0.2, 0.25) is 10.0 Å². The average molecular weight is 476 g/mol. The zero-order valence-corrected chi connectivity index (χ0v) is 19.6. The van der Waals surface area contributed by atoms with Crippen LogP contribution in [0.5, 0.6) is 5.75 Å². The molecule has 0 atom stereocenters. The third-order valence-electron chi connectivity index (χ3n) is 4.23. The lowest BCUT2D eigenvalue weighted by molar-refractivity contribution is -0.114. The van der Waals surface area contributed by atoms with Crippen molar-refractivity contribution in [1.29, 1.82) is 0 Å². The number of nitrogens with two attached hydrogens (primary N) is 1. The van der Waals surface area contributed by atoms with Gasteiger partial charge in [-0.3, -0.25) is 14.8 Å². The van der Waals surface area contributed by atoms with Gasteiger partial charge in [0.05, 0.1) is 22.8 Å². The van der Waals surface area contributed by atoms with Crippen molar-refractivity contribution in [2.24, 2.45) is 10.7 Å². The molecule has 0 saturated heterocycles. The molecular formula is C23H27Cl2N5O2. The number of pyridine rings is 1. The summed E-state index contributed by atoms with van der Waals surface area (Å²) in [4.78, 5) is 21.3. The minimum Gasteiger partial charge on any atom is -0.490 e. The molecule has 0 aliphatic rings. The van der Waals surface area contributed by atoms with Crippen molar-refractivity contribution in [2.75, 3.05) is 13.2 Å². The van der Waals surface area contributed by atoms with E-state index in [1.807, 2.05) is 19.1 Å². The molecule has 1 aromatic heterocycles. The molecule has 1 amide bonds. The fourth-order valence-electron chi connectivity index (χ4n) is 2.61. The maximum absolute atomic E-state index is 12.9. The number of allylic oxidation sites excluding steroid dienone is 1. The Labute approximate surface area is 198 Å². The molecule has 0 unspecified atom stereocenters. The Morgan fingerprint density at radius 2 is 2.09 bits per heavy atom. The molecule has 1 heterocycles. The number of hydrogen-bond donors (Lipinski definition) is 3. The molecule has 0 aliphatic heterocycles. The first-order valence-electron chi connectivity index (χ1n) is 10.1. The number of benzene rings is 1. The maximum Gasteiger partial charge on any atom is 0.275 e. The maximum atomic E-state index is 12.9. The Balaban J connectivity index is 2.01. The first-order chi connectivity index (χ1) is 15.4. The molecule has 0 spiro atoms. The number of halogens is 2. The standard InChI is InChI=1S/C23H27Cl2N5O2/c1-3-5-21(29-14-17-7-8-19(24)20(25)12-17)30-23(31)22(16(2)13-26)28-10-11-32-18-6-4-9-27-15-18/h4-9,12-13,15,29H,3,10-11,14,26H2,1-2H3,(H,30,31)/b16-13-,21-5?,28-22?. The normalized spacial score (nSPS) is 12.4. The average Bonchev–Trinajstić information content (AvgIpc) is 2.80. The van der Waals surface area contributed by atoms with E-state index in [0.29, 0.717) is 40.3 Å². The number of aliphatic imine (C=N–C) groups is 1. The zero-order chi connectivity index (χ0) is 23.3. The summed E-state index contributed by atoms with van der Waals surface area (Å²) in [6.07, 6.45) is 7.23. The summed E-state index contributed by atoms with van der Waals surface area (Å²) in [6.45, 7) is 4.75. The molecule has 2 aromatic rings.